The molecule has 0 N–H and O–H groups in total. The summed E-state index contributed by atoms with van der Waals surface area (Å²) >= 11 is 0. The lowest BCUT2D eigenvalue weighted by Crippen LogP contribution is -2.33. The van der Waals surface area contributed by atoms with Crippen LogP contribution in [-0.4, -0.2) is 52.3 Å². The van der Waals surface area contributed by atoms with E-state index in [1.165, 1.54) is 5.69 Å². The number of anilines is 1. The van der Waals surface area contributed by atoms with Gasteiger partial charge in [-0.2, -0.15) is 0 Å². The van der Waals surface area contributed by atoms with E-state index in [1.807, 2.05) is 46.8 Å². The predicted octanol–water partition coefficient (Wildman–Crippen LogP) is 2.87. The molecule has 1 aliphatic rings. The molecule has 27 heavy (non-hydrogen) atoms. The second-order valence-corrected chi connectivity index (χ2v) is 7.04. The van der Waals surface area contributed by atoms with E-state index in [1.54, 1.807) is 12.7 Å². The lowest BCUT2D eigenvalue weighted by Gasteiger charge is -2.23. The number of amides is 1. The van der Waals surface area contributed by atoms with Crippen LogP contribution in [0.3, 0.4) is 0 Å². The van der Waals surface area contributed by atoms with E-state index < -0.39 is 0 Å². The molecule has 4 rings (SSSR count). The van der Waals surface area contributed by atoms with Gasteiger partial charge in [0, 0.05) is 43.6 Å². The SMILES string of the molecule is CN(C[C@H]1CCN(c2ccccc2)C1)C(=O)c1ccc(-n2cnnc2)cc1. The fraction of sp³-hybridized carbons (Fsp3) is 0.286. The molecule has 2 aromatic carbocycles. The molecule has 0 unspecified atom stereocenters. The molecule has 1 aliphatic heterocycles. The molecule has 1 atom stereocenters. The van der Waals surface area contributed by atoms with Crippen LogP contribution in [0.5, 0.6) is 0 Å². The summed E-state index contributed by atoms with van der Waals surface area (Å²) in [4.78, 5) is 17.0. The first kappa shape index (κ1) is 17.3. The van der Waals surface area contributed by atoms with Gasteiger partial charge in [0.15, 0.2) is 0 Å². The molecule has 0 saturated carbocycles. The van der Waals surface area contributed by atoms with Crippen LogP contribution in [0.2, 0.25) is 0 Å². The highest BCUT2D eigenvalue weighted by molar-refractivity contribution is 5.94. The summed E-state index contributed by atoms with van der Waals surface area (Å²) in [6.07, 6.45) is 4.39. The van der Waals surface area contributed by atoms with Gasteiger partial charge in [-0.15, -0.1) is 10.2 Å². The molecule has 0 bridgehead atoms. The molecule has 6 nitrogen and oxygen atoms in total. The topological polar surface area (TPSA) is 54.3 Å². The molecule has 138 valence electrons. The first-order valence-electron chi connectivity index (χ1n) is 9.21. The zero-order valence-corrected chi connectivity index (χ0v) is 15.4. The Hall–Kier alpha value is -3.15. The molecule has 1 amide bonds. The van der Waals surface area contributed by atoms with E-state index in [0.717, 1.165) is 31.7 Å². The molecule has 0 radical (unpaired) electrons. The zero-order valence-electron chi connectivity index (χ0n) is 15.4. The van der Waals surface area contributed by atoms with Crippen LogP contribution < -0.4 is 4.90 Å². The van der Waals surface area contributed by atoms with Gasteiger partial charge in [0.2, 0.25) is 0 Å². The molecular weight excluding hydrogens is 338 g/mol. The minimum Gasteiger partial charge on any atom is -0.371 e. The molecule has 1 saturated heterocycles. The van der Waals surface area contributed by atoms with Crippen molar-refractivity contribution < 1.29 is 4.79 Å². The number of carbonyl (C=O) groups is 1. The van der Waals surface area contributed by atoms with Crippen LogP contribution in [-0.2, 0) is 0 Å². The standard InChI is InChI=1S/C21H23N5O/c1-24(13-17-11-12-25(14-17)19-5-3-2-4-6-19)21(27)18-7-9-20(10-8-18)26-15-22-23-16-26/h2-10,15-17H,11-14H2,1H3/t17-/m1/s1. The summed E-state index contributed by atoms with van der Waals surface area (Å²) in [5.41, 5.74) is 2.90. The summed E-state index contributed by atoms with van der Waals surface area (Å²) in [7, 11) is 1.89. The van der Waals surface area contributed by atoms with E-state index >= 15 is 0 Å². The van der Waals surface area contributed by atoms with Crippen LogP contribution >= 0.6 is 0 Å². The summed E-state index contributed by atoms with van der Waals surface area (Å²) in [6.45, 7) is 2.81. The molecule has 1 aromatic heterocycles. The number of nitrogens with zero attached hydrogens (tertiary/aromatic N) is 5. The van der Waals surface area contributed by atoms with Crippen LogP contribution in [0.25, 0.3) is 5.69 Å². The fourth-order valence-corrected chi connectivity index (χ4v) is 3.66. The quantitative estimate of drug-likeness (QED) is 0.701. The maximum absolute atomic E-state index is 12.8. The van der Waals surface area contributed by atoms with Gasteiger partial charge in [-0.3, -0.25) is 9.36 Å². The van der Waals surface area contributed by atoms with Crippen molar-refractivity contribution in [2.45, 2.75) is 6.42 Å². The number of carbonyl (C=O) groups excluding carboxylic acids is 1. The van der Waals surface area contributed by atoms with Gasteiger partial charge in [0.05, 0.1) is 0 Å². The minimum absolute atomic E-state index is 0.0588. The third kappa shape index (κ3) is 3.84. The van der Waals surface area contributed by atoms with Gasteiger partial charge in [-0.25, -0.2) is 0 Å². The second-order valence-electron chi connectivity index (χ2n) is 7.04. The summed E-state index contributed by atoms with van der Waals surface area (Å²) in [6, 6.07) is 18.0. The Labute approximate surface area is 159 Å². The largest absolute Gasteiger partial charge is 0.371 e. The van der Waals surface area contributed by atoms with Crippen molar-refractivity contribution in [3.05, 3.63) is 72.8 Å². The zero-order chi connectivity index (χ0) is 18.6. The average molecular weight is 361 g/mol. The molecular formula is C21H23N5O. The normalized spacial score (nSPS) is 16.5. The average Bonchev–Trinajstić information content (AvgIpc) is 3.40. The highest BCUT2D eigenvalue weighted by Crippen LogP contribution is 2.24. The Morgan fingerprint density at radius 2 is 1.74 bits per heavy atom. The highest BCUT2D eigenvalue weighted by atomic mass is 16.2. The van der Waals surface area contributed by atoms with Crippen LogP contribution in [0.4, 0.5) is 5.69 Å². The summed E-state index contributed by atoms with van der Waals surface area (Å²) in [5.74, 6) is 0.555. The predicted molar refractivity (Wildman–Crippen MR) is 105 cm³/mol. The van der Waals surface area contributed by atoms with Gasteiger partial charge in [-0.1, -0.05) is 18.2 Å². The van der Waals surface area contributed by atoms with Crippen LogP contribution in [0.15, 0.2) is 67.3 Å². The maximum atomic E-state index is 12.8. The van der Waals surface area contributed by atoms with E-state index in [2.05, 4.69) is 39.4 Å². The van der Waals surface area contributed by atoms with E-state index in [-0.39, 0.29) is 5.91 Å². The van der Waals surface area contributed by atoms with Crippen molar-refractivity contribution in [3.8, 4) is 5.69 Å². The van der Waals surface area contributed by atoms with Crippen molar-refractivity contribution in [1.29, 1.82) is 0 Å². The number of aromatic nitrogens is 3. The van der Waals surface area contributed by atoms with Gasteiger partial charge < -0.3 is 9.80 Å². The second kappa shape index (κ2) is 7.61. The molecule has 6 heteroatoms. The first-order chi connectivity index (χ1) is 13.2. The van der Waals surface area contributed by atoms with Crippen molar-refractivity contribution in [2.24, 2.45) is 5.92 Å². The Bertz CT molecular complexity index is 877. The number of benzene rings is 2. The number of para-hydroxylation sites is 1. The summed E-state index contributed by atoms with van der Waals surface area (Å²) < 4.78 is 1.81. The molecule has 3 aromatic rings. The van der Waals surface area contributed by atoms with Crippen molar-refractivity contribution in [2.75, 3.05) is 31.6 Å². The molecule has 1 fully saturated rings. The minimum atomic E-state index is 0.0588. The van der Waals surface area contributed by atoms with Crippen molar-refractivity contribution in [3.63, 3.8) is 0 Å². The maximum Gasteiger partial charge on any atom is 0.253 e. The Morgan fingerprint density at radius 3 is 2.44 bits per heavy atom. The van der Waals surface area contributed by atoms with Gasteiger partial charge in [0.1, 0.15) is 12.7 Å². The van der Waals surface area contributed by atoms with E-state index in [0.29, 0.717) is 11.5 Å². The fourth-order valence-electron chi connectivity index (χ4n) is 3.66. The number of hydrogen-bond acceptors (Lipinski definition) is 4. The van der Waals surface area contributed by atoms with Gasteiger partial charge >= 0.3 is 0 Å². The van der Waals surface area contributed by atoms with Crippen LogP contribution in [0.1, 0.15) is 16.8 Å². The Morgan fingerprint density at radius 1 is 1.04 bits per heavy atom. The summed E-state index contributed by atoms with van der Waals surface area (Å²) in [5, 5.41) is 7.61. The van der Waals surface area contributed by atoms with Crippen molar-refractivity contribution >= 4 is 11.6 Å². The van der Waals surface area contributed by atoms with Gasteiger partial charge in [0.25, 0.3) is 5.91 Å². The van der Waals surface area contributed by atoms with E-state index in [4.69, 9.17) is 0 Å². The molecule has 0 aliphatic carbocycles. The van der Waals surface area contributed by atoms with E-state index in [9.17, 15) is 4.79 Å². The van der Waals surface area contributed by atoms with Gasteiger partial charge in [-0.05, 0) is 48.7 Å². The third-order valence-electron chi connectivity index (χ3n) is 5.12. The first-order valence-corrected chi connectivity index (χ1v) is 9.21. The smallest absolute Gasteiger partial charge is 0.253 e. The lowest BCUT2D eigenvalue weighted by molar-refractivity contribution is 0.0776. The Balaban J connectivity index is 1.35. The number of rotatable bonds is 5. The number of hydrogen-bond donors (Lipinski definition) is 0. The highest BCUT2D eigenvalue weighted by Gasteiger charge is 2.25. The molecule has 0 spiro atoms. The van der Waals surface area contributed by atoms with Crippen LogP contribution in [0, 0.1) is 5.92 Å². The monoisotopic (exact) mass is 361 g/mol. The lowest BCUT2D eigenvalue weighted by atomic mass is 10.1. The third-order valence-corrected chi connectivity index (χ3v) is 5.12. The Kier molecular flexibility index (Phi) is 4.87. The van der Waals surface area contributed by atoms with Crippen molar-refractivity contribution in [1.82, 2.24) is 19.7 Å². The molecule has 2 heterocycles.